The van der Waals surface area contributed by atoms with Crippen LogP contribution in [0.2, 0.25) is 0 Å². The Kier molecular flexibility index (Phi) is 2.92. The van der Waals surface area contributed by atoms with Crippen LogP contribution in [-0.2, 0) is 0 Å². The van der Waals surface area contributed by atoms with Crippen molar-refractivity contribution >= 4 is 16.7 Å². The molecule has 0 spiro atoms. The van der Waals surface area contributed by atoms with Gasteiger partial charge in [0.1, 0.15) is 0 Å². The molecule has 0 amide bonds. The molecule has 2 nitrogen and oxygen atoms in total. The number of carbonyl (C=O) groups is 1. The summed E-state index contributed by atoms with van der Waals surface area (Å²) in [5, 5.41) is 11.1. The lowest BCUT2D eigenvalue weighted by Gasteiger charge is -2.14. The standard InChI is InChI=1S/C17H14O2/c18-17(19)15-9-7-13-6-8-14(10-16(13)11-15)12-4-2-1-3-5-12/h1-4,6-12H,5H2,(H,18,19). The van der Waals surface area contributed by atoms with Crippen LogP contribution in [0.1, 0.15) is 28.3 Å². The third-order valence-electron chi connectivity index (χ3n) is 3.52. The number of fused-ring (bicyclic) bond motifs is 1. The monoisotopic (exact) mass is 250 g/mol. The van der Waals surface area contributed by atoms with Crippen LogP contribution in [-0.4, -0.2) is 11.1 Å². The van der Waals surface area contributed by atoms with Crippen molar-refractivity contribution in [2.24, 2.45) is 0 Å². The summed E-state index contributed by atoms with van der Waals surface area (Å²) in [6, 6.07) is 11.5. The maximum Gasteiger partial charge on any atom is 0.335 e. The maximum atomic E-state index is 11.0. The SMILES string of the molecule is O=C(O)c1ccc2ccc(C3C=CC=CC3)cc2c1. The minimum Gasteiger partial charge on any atom is -0.478 e. The van der Waals surface area contributed by atoms with E-state index >= 15 is 0 Å². The van der Waals surface area contributed by atoms with Crippen LogP contribution in [0.4, 0.5) is 0 Å². The smallest absolute Gasteiger partial charge is 0.335 e. The fourth-order valence-electron chi connectivity index (χ4n) is 2.46. The third-order valence-corrected chi connectivity index (χ3v) is 3.52. The van der Waals surface area contributed by atoms with Gasteiger partial charge in [-0.15, -0.1) is 0 Å². The van der Waals surface area contributed by atoms with Gasteiger partial charge in [-0.1, -0.05) is 48.6 Å². The first kappa shape index (κ1) is 11.7. The molecular formula is C17H14O2. The van der Waals surface area contributed by atoms with Crippen molar-refractivity contribution in [3.63, 3.8) is 0 Å². The average molecular weight is 250 g/mol. The van der Waals surface area contributed by atoms with Gasteiger partial charge in [-0.2, -0.15) is 0 Å². The number of carboxylic acids is 1. The van der Waals surface area contributed by atoms with E-state index in [1.165, 1.54) is 5.56 Å². The Bertz CT molecular complexity index is 695. The van der Waals surface area contributed by atoms with Crippen molar-refractivity contribution in [2.45, 2.75) is 12.3 Å². The molecule has 1 unspecified atom stereocenters. The predicted octanol–water partition coefficient (Wildman–Crippen LogP) is 4.14. The second kappa shape index (κ2) is 4.73. The van der Waals surface area contributed by atoms with Crippen molar-refractivity contribution < 1.29 is 9.90 Å². The molecule has 2 aromatic rings. The molecule has 2 aromatic carbocycles. The second-order valence-electron chi connectivity index (χ2n) is 4.78. The van der Waals surface area contributed by atoms with E-state index in [-0.39, 0.29) is 0 Å². The van der Waals surface area contributed by atoms with Crippen molar-refractivity contribution in [3.05, 3.63) is 71.8 Å². The highest BCUT2D eigenvalue weighted by Crippen LogP contribution is 2.28. The number of aromatic carboxylic acids is 1. The summed E-state index contributed by atoms with van der Waals surface area (Å²) in [6.07, 6.45) is 9.46. The number of carboxylic acid groups (broad SMARTS) is 1. The van der Waals surface area contributed by atoms with Crippen molar-refractivity contribution in [1.82, 2.24) is 0 Å². The number of allylic oxidation sites excluding steroid dienone is 4. The fourth-order valence-corrected chi connectivity index (χ4v) is 2.46. The lowest BCUT2D eigenvalue weighted by Crippen LogP contribution is -1.98. The minimum atomic E-state index is -0.882. The molecule has 1 aliphatic carbocycles. The zero-order chi connectivity index (χ0) is 13.2. The first-order valence-corrected chi connectivity index (χ1v) is 6.34. The predicted molar refractivity (Wildman–Crippen MR) is 76.5 cm³/mol. The Morgan fingerprint density at radius 3 is 2.63 bits per heavy atom. The van der Waals surface area contributed by atoms with Crippen LogP contribution in [0.15, 0.2) is 60.7 Å². The van der Waals surface area contributed by atoms with Crippen LogP contribution in [0.25, 0.3) is 10.8 Å². The first-order valence-electron chi connectivity index (χ1n) is 6.34. The van der Waals surface area contributed by atoms with E-state index in [4.69, 9.17) is 5.11 Å². The second-order valence-corrected chi connectivity index (χ2v) is 4.78. The van der Waals surface area contributed by atoms with E-state index in [0.717, 1.165) is 17.2 Å². The Hall–Kier alpha value is -2.35. The molecule has 94 valence electrons. The quantitative estimate of drug-likeness (QED) is 0.869. The van der Waals surface area contributed by atoms with E-state index in [1.807, 2.05) is 6.07 Å². The van der Waals surface area contributed by atoms with E-state index in [2.05, 4.69) is 42.5 Å². The molecule has 0 aromatic heterocycles. The van der Waals surface area contributed by atoms with E-state index in [0.29, 0.717) is 11.5 Å². The zero-order valence-corrected chi connectivity index (χ0v) is 10.4. The highest BCUT2D eigenvalue weighted by atomic mass is 16.4. The maximum absolute atomic E-state index is 11.0. The van der Waals surface area contributed by atoms with Gasteiger partial charge in [-0.05, 0) is 34.9 Å². The van der Waals surface area contributed by atoms with Crippen molar-refractivity contribution in [3.8, 4) is 0 Å². The Labute approximate surface area is 111 Å². The number of rotatable bonds is 2. The molecule has 0 saturated heterocycles. The van der Waals surface area contributed by atoms with Gasteiger partial charge in [0.05, 0.1) is 5.56 Å². The van der Waals surface area contributed by atoms with Gasteiger partial charge in [-0.3, -0.25) is 0 Å². The minimum absolute atomic E-state index is 0.337. The van der Waals surface area contributed by atoms with Crippen molar-refractivity contribution in [2.75, 3.05) is 0 Å². The lowest BCUT2D eigenvalue weighted by atomic mass is 9.91. The highest BCUT2D eigenvalue weighted by molar-refractivity contribution is 5.94. The summed E-state index contributed by atoms with van der Waals surface area (Å²) >= 11 is 0. The number of benzene rings is 2. The zero-order valence-electron chi connectivity index (χ0n) is 10.4. The molecule has 0 fully saturated rings. The Morgan fingerprint density at radius 2 is 1.89 bits per heavy atom. The molecule has 0 aliphatic heterocycles. The molecule has 0 bridgehead atoms. The molecule has 1 N–H and O–H groups in total. The summed E-state index contributed by atoms with van der Waals surface area (Å²) in [7, 11) is 0. The van der Waals surface area contributed by atoms with E-state index in [9.17, 15) is 4.79 Å². The molecule has 0 heterocycles. The number of hydrogen-bond donors (Lipinski definition) is 1. The van der Waals surface area contributed by atoms with Gasteiger partial charge < -0.3 is 5.11 Å². The molecule has 1 aliphatic rings. The third kappa shape index (κ3) is 2.29. The van der Waals surface area contributed by atoms with E-state index < -0.39 is 5.97 Å². The van der Waals surface area contributed by atoms with Crippen LogP contribution < -0.4 is 0 Å². The summed E-state index contributed by atoms with van der Waals surface area (Å²) < 4.78 is 0. The first-order chi connectivity index (χ1) is 9.24. The van der Waals surface area contributed by atoms with Gasteiger partial charge in [-0.25, -0.2) is 4.79 Å². The molecule has 0 saturated carbocycles. The largest absolute Gasteiger partial charge is 0.478 e. The Morgan fingerprint density at radius 1 is 1.05 bits per heavy atom. The van der Waals surface area contributed by atoms with Crippen LogP contribution in [0.3, 0.4) is 0 Å². The lowest BCUT2D eigenvalue weighted by molar-refractivity contribution is 0.0697. The van der Waals surface area contributed by atoms with Gasteiger partial charge >= 0.3 is 5.97 Å². The summed E-state index contributed by atoms with van der Waals surface area (Å²) in [5.41, 5.74) is 1.57. The molecule has 2 heteroatoms. The average Bonchev–Trinajstić information content (AvgIpc) is 2.47. The van der Waals surface area contributed by atoms with Gasteiger partial charge in [0.15, 0.2) is 0 Å². The molecular weight excluding hydrogens is 236 g/mol. The number of hydrogen-bond acceptors (Lipinski definition) is 1. The molecule has 3 rings (SSSR count). The molecule has 19 heavy (non-hydrogen) atoms. The summed E-state index contributed by atoms with van der Waals surface area (Å²) in [6.45, 7) is 0. The fraction of sp³-hybridized carbons (Fsp3) is 0.118. The Balaban J connectivity index is 2.05. The summed E-state index contributed by atoms with van der Waals surface area (Å²) in [5.74, 6) is -0.490. The van der Waals surface area contributed by atoms with Gasteiger partial charge in [0, 0.05) is 5.92 Å². The van der Waals surface area contributed by atoms with Gasteiger partial charge in [0.25, 0.3) is 0 Å². The molecule has 1 atom stereocenters. The van der Waals surface area contributed by atoms with Crippen molar-refractivity contribution in [1.29, 1.82) is 0 Å². The normalized spacial score (nSPS) is 17.8. The highest BCUT2D eigenvalue weighted by Gasteiger charge is 2.10. The van der Waals surface area contributed by atoms with Crippen LogP contribution >= 0.6 is 0 Å². The summed E-state index contributed by atoms with van der Waals surface area (Å²) in [4.78, 5) is 11.0. The van der Waals surface area contributed by atoms with E-state index in [1.54, 1.807) is 12.1 Å². The van der Waals surface area contributed by atoms with Crippen LogP contribution in [0, 0.1) is 0 Å². The molecule has 0 radical (unpaired) electrons. The topological polar surface area (TPSA) is 37.3 Å². The van der Waals surface area contributed by atoms with Crippen LogP contribution in [0.5, 0.6) is 0 Å². The van der Waals surface area contributed by atoms with Gasteiger partial charge in [0.2, 0.25) is 0 Å².